The molecule has 1 N–H and O–H groups in total. The maximum Gasteiger partial charge on any atom is 0.0143 e. The van der Waals surface area contributed by atoms with Crippen molar-refractivity contribution < 1.29 is 0 Å². The minimum Gasteiger partial charge on any atom is -0.313 e. The molecule has 106 valence electrons. The van der Waals surface area contributed by atoms with Crippen LogP contribution in [0.4, 0.5) is 0 Å². The lowest BCUT2D eigenvalue weighted by Gasteiger charge is -2.21. The molecule has 0 radical (unpaired) electrons. The van der Waals surface area contributed by atoms with Gasteiger partial charge in [0.2, 0.25) is 0 Å². The molecule has 0 bridgehead atoms. The van der Waals surface area contributed by atoms with Gasteiger partial charge in [0.25, 0.3) is 0 Å². The molecule has 0 spiro atoms. The first-order chi connectivity index (χ1) is 8.93. The Hall–Kier alpha value is -0.530. The quantitative estimate of drug-likeness (QED) is 0.835. The second-order valence-corrected chi connectivity index (χ2v) is 6.11. The molecular formula is C17H26ClN. The number of halogens is 1. The molecule has 2 fully saturated rings. The molecule has 1 unspecified atom stereocenters. The summed E-state index contributed by atoms with van der Waals surface area (Å²) >= 11 is 0. The normalized spacial score (nSPS) is 26.7. The predicted molar refractivity (Wildman–Crippen MR) is 84.0 cm³/mol. The smallest absolute Gasteiger partial charge is 0.0143 e. The van der Waals surface area contributed by atoms with Crippen LogP contribution in [0.3, 0.4) is 0 Å². The molecule has 3 rings (SSSR count). The zero-order valence-corrected chi connectivity index (χ0v) is 12.5. The molecule has 0 heterocycles. The summed E-state index contributed by atoms with van der Waals surface area (Å²) in [5.41, 5.74) is 1.52. The molecule has 2 aliphatic carbocycles. The van der Waals surface area contributed by atoms with Crippen molar-refractivity contribution in [3.8, 4) is 0 Å². The van der Waals surface area contributed by atoms with Crippen molar-refractivity contribution in [3.63, 3.8) is 0 Å². The van der Waals surface area contributed by atoms with Crippen LogP contribution in [0.15, 0.2) is 30.3 Å². The minimum absolute atomic E-state index is 0. The standard InChI is InChI=1S/C17H25N.ClH/c1-3-7-14(8-4-1)11-12-18-17-13-16(17)15-9-5-2-6-10-15;/h2,5-6,9-10,14,16-18H,1,3-4,7-8,11-13H2;1H/t16?,17-;/m0./s1. The van der Waals surface area contributed by atoms with Gasteiger partial charge in [-0.25, -0.2) is 0 Å². The Bertz CT molecular complexity index is 359. The van der Waals surface area contributed by atoms with E-state index in [0.717, 1.165) is 17.9 Å². The van der Waals surface area contributed by atoms with Crippen molar-refractivity contribution >= 4 is 12.4 Å². The van der Waals surface area contributed by atoms with Gasteiger partial charge in [-0.05, 0) is 30.9 Å². The fraction of sp³-hybridized carbons (Fsp3) is 0.647. The van der Waals surface area contributed by atoms with E-state index in [1.54, 1.807) is 0 Å². The number of rotatable bonds is 5. The monoisotopic (exact) mass is 279 g/mol. The van der Waals surface area contributed by atoms with Crippen molar-refractivity contribution in [3.05, 3.63) is 35.9 Å². The van der Waals surface area contributed by atoms with Gasteiger partial charge >= 0.3 is 0 Å². The molecule has 0 amide bonds. The topological polar surface area (TPSA) is 12.0 Å². The molecular weight excluding hydrogens is 254 g/mol. The SMILES string of the molecule is Cl.c1ccc(C2C[C@@H]2NCCC2CCCCC2)cc1. The highest BCUT2D eigenvalue weighted by Gasteiger charge is 2.37. The maximum absolute atomic E-state index is 3.75. The van der Waals surface area contributed by atoms with Crippen molar-refractivity contribution in [2.45, 2.75) is 56.9 Å². The molecule has 0 saturated heterocycles. The molecule has 1 nitrogen and oxygen atoms in total. The van der Waals surface area contributed by atoms with Crippen molar-refractivity contribution in [1.29, 1.82) is 0 Å². The summed E-state index contributed by atoms with van der Waals surface area (Å²) in [5, 5.41) is 3.75. The van der Waals surface area contributed by atoms with Crippen LogP contribution in [0.1, 0.15) is 56.4 Å². The van der Waals surface area contributed by atoms with Crippen LogP contribution < -0.4 is 5.32 Å². The lowest BCUT2D eigenvalue weighted by Crippen LogP contribution is -2.22. The van der Waals surface area contributed by atoms with Crippen molar-refractivity contribution in [2.24, 2.45) is 5.92 Å². The third kappa shape index (κ3) is 4.22. The number of benzene rings is 1. The summed E-state index contributed by atoms with van der Waals surface area (Å²) < 4.78 is 0. The zero-order valence-electron chi connectivity index (χ0n) is 11.7. The van der Waals surface area contributed by atoms with E-state index in [1.165, 1.54) is 57.1 Å². The minimum atomic E-state index is 0. The van der Waals surface area contributed by atoms with Gasteiger partial charge in [0, 0.05) is 12.0 Å². The third-order valence-corrected chi connectivity index (χ3v) is 4.70. The van der Waals surface area contributed by atoms with Gasteiger partial charge < -0.3 is 5.32 Å². The van der Waals surface area contributed by atoms with E-state index in [-0.39, 0.29) is 12.4 Å². The Morgan fingerprint density at radius 1 is 1.00 bits per heavy atom. The van der Waals surface area contributed by atoms with Crippen LogP contribution in [-0.2, 0) is 0 Å². The number of hydrogen-bond donors (Lipinski definition) is 1. The van der Waals surface area contributed by atoms with Crippen LogP contribution >= 0.6 is 12.4 Å². The molecule has 0 aromatic heterocycles. The Balaban J connectivity index is 0.00000133. The lowest BCUT2D eigenvalue weighted by molar-refractivity contribution is 0.333. The highest BCUT2D eigenvalue weighted by Crippen LogP contribution is 2.40. The van der Waals surface area contributed by atoms with Crippen LogP contribution in [0.25, 0.3) is 0 Å². The summed E-state index contributed by atoms with van der Waals surface area (Å²) in [6.45, 7) is 1.23. The van der Waals surface area contributed by atoms with E-state index in [4.69, 9.17) is 0 Å². The van der Waals surface area contributed by atoms with Crippen molar-refractivity contribution in [1.82, 2.24) is 5.32 Å². The van der Waals surface area contributed by atoms with Gasteiger partial charge in [-0.3, -0.25) is 0 Å². The van der Waals surface area contributed by atoms with Crippen LogP contribution in [-0.4, -0.2) is 12.6 Å². The van der Waals surface area contributed by atoms with Gasteiger partial charge in [0.05, 0.1) is 0 Å². The Labute approximate surface area is 123 Å². The summed E-state index contributed by atoms with van der Waals surface area (Å²) in [7, 11) is 0. The summed E-state index contributed by atoms with van der Waals surface area (Å²) in [4.78, 5) is 0. The molecule has 2 atom stereocenters. The van der Waals surface area contributed by atoms with E-state index in [2.05, 4.69) is 35.6 Å². The Kier molecular flexibility index (Phi) is 5.72. The van der Waals surface area contributed by atoms with Crippen LogP contribution in [0.2, 0.25) is 0 Å². The second kappa shape index (κ2) is 7.31. The molecule has 1 aromatic rings. The van der Waals surface area contributed by atoms with Gasteiger partial charge in [-0.2, -0.15) is 0 Å². The van der Waals surface area contributed by atoms with E-state index >= 15 is 0 Å². The van der Waals surface area contributed by atoms with Gasteiger partial charge in [0.15, 0.2) is 0 Å². The Morgan fingerprint density at radius 2 is 1.74 bits per heavy atom. The largest absolute Gasteiger partial charge is 0.313 e. The average molecular weight is 280 g/mol. The fourth-order valence-electron chi connectivity index (χ4n) is 3.44. The van der Waals surface area contributed by atoms with Crippen LogP contribution in [0, 0.1) is 5.92 Å². The number of nitrogens with one attached hydrogen (secondary N) is 1. The number of hydrogen-bond acceptors (Lipinski definition) is 1. The first kappa shape index (κ1) is 14.9. The van der Waals surface area contributed by atoms with E-state index in [0.29, 0.717) is 0 Å². The fourth-order valence-corrected chi connectivity index (χ4v) is 3.44. The van der Waals surface area contributed by atoms with Crippen molar-refractivity contribution in [2.75, 3.05) is 6.54 Å². The summed E-state index contributed by atoms with van der Waals surface area (Å²) in [5.74, 6) is 1.80. The summed E-state index contributed by atoms with van der Waals surface area (Å²) in [6.07, 6.45) is 10.1. The highest BCUT2D eigenvalue weighted by atomic mass is 35.5. The summed E-state index contributed by atoms with van der Waals surface area (Å²) in [6, 6.07) is 11.7. The average Bonchev–Trinajstić information content (AvgIpc) is 3.21. The Morgan fingerprint density at radius 3 is 2.47 bits per heavy atom. The van der Waals surface area contributed by atoms with E-state index in [1.807, 2.05) is 0 Å². The van der Waals surface area contributed by atoms with Crippen LogP contribution in [0.5, 0.6) is 0 Å². The molecule has 2 aliphatic rings. The second-order valence-electron chi connectivity index (χ2n) is 6.11. The van der Waals surface area contributed by atoms with E-state index < -0.39 is 0 Å². The zero-order chi connectivity index (χ0) is 12.2. The van der Waals surface area contributed by atoms with E-state index in [9.17, 15) is 0 Å². The van der Waals surface area contributed by atoms with Gasteiger partial charge in [-0.15, -0.1) is 12.4 Å². The molecule has 2 saturated carbocycles. The predicted octanol–water partition coefficient (Wildman–Crippen LogP) is 4.52. The maximum atomic E-state index is 3.75. The van der Waals surface area contributed by atoms with Gasteiger partial charge in [-0.1, -0.05) is 62.4 Å². The molecule has 19 heavy (non-hydrogen) atoms. The first-order valence-corrected chi connectivity index (χ1v) is 7.72. The highest BCUT2D eigenvalue weighted by molar-refractivity contribution is 5.85. The molecule has 1 aromatic carbocycles. The molecule has 0 aliphatic heterocycles. The third-order valence-electron chi connectivity index (χ3n) is 4.70. The first-order valence-electron chi connectivity index (χ1n) is 7.72. The lowest BCUT2D eigenvalue weighted by atomic mass is 9.87. The molecule has 2 heteroatoms. The van der Waals surface area contributed by atoms with Gasteiger partial charge in [0.1, 0.15) is 0 Å².